The van der Waals surface area contributed by atoms with Gasteiger partial charge in [-0.15, -0.1) is 0 Å². The van der Waals surface area contributed by atoms with Crippen molar-refractivity contribution in [1.82, 2.24) is 0 Å². The Labute approximate surface area is 133 Å². The lowest BCUT2D eigenvalue weighted by Gasteiger charge is -2.39. The summed E-state index contributed by atoms with van der Waals surface area (Å²) in [5.41, 5.74) is 9.13. The van der Waals surface area contributed by atoms with Crippen molar-refractivity contribution in [3.05, 3.63) is 58.7 Å². The van der Waals surface area contributed by atoms with Crippen LogP contribution in [0, 0.1) is 0 Å². The molecule has 22 heavy (non-hydrogen) atoms. The number of benzene rings is 1. The van der Waals surface area contributed by atoms with Crippen molar-refractivity contribution in [2.24, 2.45) is 4.99 Å². The molecule has 0 unspecified atom stereocenters. The Morgan fingerprint density at radius 1 is 1.09 bits per heavy atom. The SMILES string of the molecule is CN=C1C=CC2=C(C)c3ccc(N(C)C)cc3C(C)(C)C2=C1. The van der Waals surface area contributed by atoms with Gasteiger partial charge in [-0.3, -0.25) is 4.99 Å². The van der Waals surface area contributed by atoms with Crippen LogP contribution in [0.25, 0.3) is 5.57 Å². The molecule has 0 aliphatic heterocycles. The van der Waals surface area contributed by atoms with Crippen LogP contribution in [0.5, 0.6) is 0 Å². The van der Waals surface area contributed by atoms with Gasteiger partial charge in [0.1, 0.15) is 0 Å². The lowest BCUT2D eigenvalue weighted by Crippen LogP contribution is -2.29. The van der Waals surface area contributed by atoms with E-state index in [4.69, 9.17) is 0 Å². The van der Waals surface area contributed by atoms with Gasteiger partial charge >= 0.3 is 0 Å². The van der Waals surface area contributed by atoms with E-state index in [1.807, 2.05) is 7.05 Å². The molecule has 0 atom stereocenters. The molecule has 2 nitrogen and oxygen atoms in total. The van der Waals surface area contributed by atoms with Crippen LogP contribution in [0.2, 0.25) is 0 Å². The fourth-order valence-electron chi connectivity index (χ4n) is 3.46. The molecule has 0 fully saturated rings. The van der Waals surface area contributed by atoms with Crippen LogP contribution in [-0.4, -0.2) is 26.9 Å². The normalized spacial score (nSPS) is 20.6. The second kappa shape index (κ2) is 4.98. The summed E-state index contributed by atoms with van der Waals surface area (Å²) in [4.78, 5) is 6.52. The standard InChI is InChI=1S/C20H24N2/c1-13-16-9-7-14(21-4)11-18(16)20(2,3)19-12-15(22(5)6)8-10-17(13)19/h7-12H,1-6H3. The van der Waals surface area contributed by atoms with Crippen molar-refractivity contribution in [1.29, 1.82) is 0 Å². The molecule has 0 radical (unpaired) electrons. The zero-order chi connectivity index (χ0) is 16.1. The van der Waals surface area contributed by atoms with Crippen molar-refractivity contribution in [2.75, 3.05) is 26.0 Å². The first-order chi connectivity index (χ1) is 10.4. The lowest BCUT2D eigenvalue weighted by molar-refractivity contribution is 0.625. The summed E-state index contributed by atoms with van der Waals surface area (Å²) in [7, 11) is 6.04. The zero-order valence-corrected chi connectivity index (χ0v) is 14.4. The summed E-state index contributed by atoms with van der Waals surface area (Å²) < 4.78 is 0. The van der Waals surface area contributed by atoms with Crippen LogP contribution in [0.4, 0.5) is 5.69 Å². The molecule has 0 heterocycles. The van der Waals surface area contributed by atoms with E-state index in [0.717, 1.165) is 5.71 Å². The van der Waals surface area contributed by atoms with Crippen LogP contribution in [0.3, 0.4) is 0 Å². The van der Waals surface area contributed by atoms with Gasteiger partial charge in [0.25, 0.3) is 0 Å². The molecular weight excluding hydrogens is 268 g/mol. The Bertz CT molecular complexity index is 756. The van der Waals surface area contributed by atoms with Gasteiger partial charge in [0.2, 0.25) is 0 Å². The maximum atomic E-state index is 4.35. The van der Waals surface area contributed by atoms with Gasteiger partial charge in [0.15, 0.2) is 0 Å². The molecular formula is C20H24N2. The topological polar surface area (TPSA) is 15.6 Å². The third kappa shape index (κ3) is 2.06. The molecule has 1 aromatic carbocycles. The Balaban J connectivity index is 2.29. The van der Waals surface area contributed by atoms with Gasteiger partial charge in [-0.2, -0.15) is 0 Å². The first-order valence-corrected chi connectivity index (χ1v) is 7.76. The Hall–Kier alpha value is -2.09. The fourth-order valence-corrected chi connectivity index (χ4v) is 3.46. The van der Waals surface area contributed by atoms with Gasteiger partial charge in [0, 0.05) is 32.2 Å². The molecule has 0 amide bonds. The van der Waals surface area contributed by atoms with Crippen LogP contribution >= 0.6 is 0 Å². The van der Waals surface area contributed by atoms with E-state index in [2.05, 4.69) is 81.2 Å². The summed E-state index contributed by atoms with van der Waals surface area (Å²) in [5.74, 6) is 0. The molecule has 0 bridgehead atoms. The van der Waals surface area contributed by atoms with E-state index in [9.17, 15) is 0 Å². The highest BCUT2D eigenvalue weighted by atomic mass is 15.1. The second-order valence-electron chi connectivity index (χ2n) is 6.83. The highest BCUT2D eigenvalue weighted by Crippen LogP contribution is 2.48. The summed E-state index contributed by atoms with van der Waals surface area (Å²) in [6.45, 7) is 6.86. The average Bonchev–Trinajstić information content (AvgIpc) is 2.52. The molecule has 114 valence electrons. The van der Waals surface area contributed by atoms with Crippen molar-refractivity contribution in [3.8, 4) is 0 Å². The number of allylic oxidation sites excluding steroid dienone is 6. The molecule has 0 aromatic heterocycles. The molecule has 2 heteroatoms. The minimum atomic E-state index is -0.0170. The minimum absolute atomic E-state index is 0.0170. The summed E-state index contributed by atoms with van der Waals surface area (Å²) in [6, 6.07) is 6.81. The predicted octanol–water partition coefficient (Wildman–Crippen LogP) is 4.38. The number of nitrogens with zero attached hydrogens (tertiary/aromatic N) is 2. The van der Waals surface area contributed by atoms with Crippen LogP contribution in [-0.2, 0) is 5.41 Å². The van der Waals surface area contributed by atoms with Gasteiger partial charge in [-0.05, 0) is 59.1 Å². The van der Waals surface area contributed by atoms with Crippen molar-refractivity contribution in [3.63, 3.8) is 0 Å². The molecule has 2 aliphatic rings. The maximum absolute atomic E-state index is 4.35. The first kappa shape index (κ1) is 14.8. The van der Waals surface area contributed by atoms with Crippen LogP contribution < -0.4 is 4.90 Å². The second-order valence-corrected chi connectivity index (χ2v) is 6.83. The molecule has 0 saturated carbocycles. The smallest absolute Gasteiger partial charge is 0.0574 e. The molecule has 2 aliphatic carbocycles. The predicted molar refractivity (Wildman–Crippen MR) is 97.0 cm³/mol. The zero-order valence-electron chi connectivity index (χ0n) is 14.4. The Morgan fingerprint density at radius 2 is 1.82 bits per heavy atom. The first-order valence-electron chi connectivity index (χ1n) is 7.76. The van der Waals surface area contributed by atoms with Crippen LogP contribution in [0.15, 0.2) is 52.6 Å². The number of hydrogen-bond acceptors (Lipinski definition) is 2. The van der Waals surface area contributed by atoms with Gasteiger partial charge in [0.05, 0.1) is 5.71 Å². The van der Waals surface area contributed by atoms with E-state index >= 15 is 0 Å². The van der Waals surface area contributed by atoms with Gasteiger partial charge < -0.3 is 4.90 Å². The molecule has 0 saturated heterocycles. The van der Waals surface area contributed by atoms with E-state index in [1.165, 1.54) is 33.5 Å². The molecule has 0 spiro atoms. The maximum Gasteiger partial charge on any atom is 0.0574 e. The molecule has 1 aromatic rings. The summed E-state index contributed by atoms with van der Waals surface area (Å²) in [5, 5.41) is 0. The average molecular weight is 292 g/mol. The van der Waals surface area contributed by atoms with Crippen LogP contribution in [0.1, 0.15) is 31.9 Å². The third-order valence-corrected chi connectivity index (χ3v) is 4.94. The van der Waals surface area contributed by atoms with E-state index < -0.39 is 0 Å². The number of aliphatic imine (C=N–C) groups is 1. The largest absolute Gasteiger partial charge is 0.378 e. The van der Waals surface area contributed by atoms with Gasteiger partial charge in [-0.1, -0.05) is 26.0 Å². The van der Waals surface area contributed by atoms with Crippen molar-refractivity contribution < 1.29 is 0 Å². The number of rotatable bonds is 1. The highest BCUT2D eigenvalue weighted by Gasteiger charge is 2.36. The number of hydrogen-bond donors (Lipinski definition) is 0. The summed E-state index contributed by atoms with van der Waals surface area (Å²) >= 11 is 0. The number of fused-ring (bicyclic) bond motifs is 2. The van der Waals surface area contributed by atoms with E-state index in [0.29, 0.717) is 0 Å². The Morgan fingerprint density at radius 3 is 2.45 bits per heavy atom. The van der Waals surface area contributed by atoms with Crippen molar-refractivity contribution >= 4 is 17.0 Å². The summed E-state index contributed by atoms with van der Waals surface area (Å²) in [6.07, 6.45) is 6.57. The van der Waals surface area contributed by atoms with E-state index in [1.54, 1.807) is 0 Å². The molecule has 3 rings (SSSR count). The minimum Gasteiger partial charge on any atom is -0.378 e. The molecule has 0 N–H and O–H groups in total. The highest BCUT2D eigenvalue weighted by molar-refractivity contribution is 6.08. The lowest BCUT2D eigenvalue weighted by atomic mass is 9.65. The quantitative estimate of drug-likeness (QED) is 0.750. The Kier molecular flexibility index (Phi) is 3.36. The van der Waals surface area contributed by atoms with E-state index in [-0.39, 0.29) is 5.41 Å². The monoisotopic (exact) mass is 292 g/mol. The third-order valence-electron chi connectivity index (χ3n) is 4.94. The van der Waals surface area contributed by atoms with Crippen molar-refractivity contribution in [2.45, 2.75) is 26.2 Å². The fraction of sp³-hybridized carbons (Fsp3) is 0.350. The number of anilines is 1. The van der Waals surface area contributed by atoms with Gasteiger partial charge in [-0.25, -0.2) is 0 Å².